The lowest BCUT2D eigenvalue weighted by molar-refractivity contribution is -0.179. The molecular formula is C15H16F3N3. The van der Waals surface area contributed by atoms with Gasteiger partial charge in [-0.25, -0.2) is 0 Å². The van der Waals surface area contributed by atoms with Crippen LogP contribution in [0.1, 0.15) is 12.8 Å². The van der Waals surface area contributed by atoms with Crippen LogP contribution >= 0.6 is 0 Å². The van der Waals surface area contributed by atoms with Crippen LogP contribution in [-0.2, 0) is 0 Å². The summed E-state index contributed by atoms with van der Waals surface area (Å²) in [6.07, 6.45) is -0.433. The van der Waals surface area contributed by atoms with Gasteiger partial charge in [0.2, 0.25) is 0 Å². The monoisotopic (exact) mass is 295 g/mol. The molecule has 21 heavy (non-hydrogen) atoms. The Balaban J connectivity index is 1.88. The van der Waals surface area contributed by atoms with E-state index in [1.165, 1.54) is 0 Å². The van der Waals surface area contributed by atoms with E-state index in [1.54, 1.807) is 18.5 Å². The predicted molar refractivity (Wildman–Crippen MR) is 77.1 cm³/mol. The number of halogens is 3. The van der Waals surface area contributed by atoms with Crippen LogP contribution in [-0.4, -0.2) is 24.2 Å². The van der Waals surface area contributed by atoms with Crippen molar-refractivity contribution in [3.63, 3.8) is 0 Å². The molecule has 1 aliphatic rings. The number of nitrogen functional groups attached to an aromatic ring is 1. The van der Waals surface area contributed by atoms with Gasteiger partial charge in [0.05, 0.1) is 5.92 Å². The van der Waals surface area contributed by atoms with E-state index in [0.29, 0.717) is 18.8 Å². The van der Waals surface area contributed by atoms with E-state index in [1.807, 2.05) is 17.0 Å². The molecule has 3 nitrogen and oxygen atoms in total. The maximum absolute atomic E-state index is 12.7. The Bertz CT molecular complexity index is 646. The summed E-state index contributed by atoms with van der Waals surface area (Å²) in [5, 5.41) is 1.78. The van der Waals surface area contributed by atoms with Crippen LogP contribution in [0.2, 0.25) is 0 Å². The Hall–Kier alpha value is -1.98. The van der Waals surface area contributed by atoms with Crippen LogP contribution in [0.4, 0.5) is 24.5 Å². The van der Waals surface area contributed by atoms with Gasteiger partial charge >= 0.3 is 6.18 Å². The summed E-state index contributed by atoms with van der Waals surface area (Å²) in [5.41, 5.74) is 7.50. The lowest BCUT2D eigenvalue weighted by Gasteiger charge is -2.35. The molecule has 0 radical (unpaired) electrons. The third-order valence-electron chi connectivity index (χ3n) is 4.13. The molecule has 112 valence electrons. The van der Waals surface area contributed by atoms with Gasteiger partial charge in [0.15, 0.2) is 0 Å². The standard InChI is InChI=1S/C15H16F3N3/c16-15(17,18)10-4-7-21(8-5-10)14-2-1-13(19)11-3-6-20-9-12(11)14/h1-3,6,9-10H,4-5,7-8,19H2. The quantitative estimate of drug-likeness (QED) is 0.817. The van der Waals surface area contributed by atoms with Crippen molar-refractivity contribution >= 4 is 22.1 Å². The van der Waals surface area contributed by atoms with Crippen molar-refractivity contribution in [1.29, 1.82) is 0 Å². The van der Waals surface area contributed by atoms with Gasteiger partial charge in [0.1, 0.15) is 0 Å². The summed E-state index contributed by atoms with van der Waals surface area (Å²) in [5.74, 6) is -1.19. The molecule has 2 N–H and O–H groups in total. The number of benzene rings is 1. The number of piperidine rings is 1. The van der Waals surface area contributed by atoms with Gasteiger partial charge < -0.3 is 10.6 Å². The minimum atomic E-state index is -4.09. The first-order valence-electron chi connectivity index (χ1n) is 6.90. The largest absolute Gasteiger partial charge is 0.398 e. The topological polar surface area (TPSA) is 42.1 Å². The maximum atomic E-state index is 12.7. The van der Waals surface area contributed by atoms with Crippen molar-refractivity contribution in [1.82, 2.24) is 4.98 Å². The summed E-state index contributed by atoms with van der Waals surface area (Å²) in [6, 6.07) is 5.50. The van der Waals surface area contributed by atoms with Gasteiger partial charge in [0, 0.05) is 47.6 Å². The number of anilines is 2. The minimum Gasteiger partial charge on any atom is -0.398 e. The highest BCUT2D eigenvalue weighted by Crippen LogP contribution is 2.37. The Morgan fingerprint density at radius 2 is 1.81 bits per heavy atom. The average Bonchev–Trinajstić information content (AvgIpc) is 2.47. The van der Waals surface area contributed by atoms with Crippen LogP contribution in [0.25, 0.3) is 10.8 Å². The van der Waals surface area contributed by atoms with E-state index >= 15 is 0 Å². The van der Waals surface area contributed by atoms with Crippen molar-refractivity contribution < 1.29 is 13.2 Å². The van der Waals surface area contributed by atoms with Gasteiger partial charge in [-0.2, -0.15) is 13.2 Å². The molecule has 2 aromatic rings. The Morgan fingerprint density at radius 1 is 1.10 bits per heavy atom. The predicted octanol–water partition coefficient (Wildman–Crippen LogP) is 3.60. The third-order valence-corrected chi connectivity index (χ3v) is 4.13. The molecular weight excluding hydrogens is 279 g/mol. The normalized spacial score (nSPS) is 17.4. The zero-order valence-electron chi connectivity index (χ0n) is 11.4. The molecule has 1 aliphatic heterocycles. The van der Waals surface area contributed by atoms with Crippen LogP contribution in [0.15, 0.2) is 30.6 Å². The van der Waals surface area contributed by atoms with Crippen LogP contribution < -0.4 is 10.6 Å². The summed E-state index contributed by atoms with van der Waals surface area (Å²) in [4.78, 5) is 6.09. The molecule has 1 aromatic carbocycles. The molecule has 0 atom stereocenters. The number of pyridine rings is 1. The highest BCUT2D eigenvalue weighted by atomic mass is 19.4. The molecule has 2 heterocycles. The SMILES string of the molecule is Nc1ccc(N2CCC(C(F)(F)F)CC2)c2cnccc12. The molecule has 0 amide bonds. The molecule has 1 fully saturated rings. The summed E-state index contributed by atoms with van der Waals surface area (Å²) in [7, 11) is 0. The van der Waals surface area contributed by atoms with E-state index < -0.39 is 12.1 Å². The molecule has 1 saturated heterocycles. The highest BCUT2D eigenvalue weighted by molar-refractivity contribution is 6.00. The lowest BCUT2D eigenvalue weighted by Crippen LogP contribution is -2.39. The van der Waals surface area contributed by atoms with Crippen LogP contribution in [0.5, 0.6) is 0 Å². The first-order chi connectivity index (χ1) is 9.97. The number of fused-ring (bicyclic) bond motifs is 1. The Labute approximate surface area is 120 Å². The third kappa shape index (κ3) is 2.62. The molecule has 0 bridgehead atoms. The smallest absolute Gasteiger partial charge is 0.391 e. The Kier molecular flexibility index (Phi) is 3.39. The second kappa shape index (κ2) is 5.09. The molecule has 0 aliphatic carbocycles. The van der Waals surface area contributed by atoms with Crippen molar-refractivity contribution in [3.05, 3.63) is 30.6 Å². The number of aromatic nitrogens is 1. The first kappa shape index (κ1) is 14.0. The Morgan fingerprint density at radius 3 is 2.48 bits per heavy atom. The number of rotatable bonds is 1. The van der Waals surface area contributed by atoms with Gasteiger partial charge in [0.25, 0.3) is 0 Å². The number of nitrogens with zero attached hydrogens (tertiary/aromatic N) is 2. The van der Waals surface area contributed by atoms with Gasteiger partial charge in [-0.1, -0.05) is 0 Å². The van der Waals surface area contributed by atoms with Crippen molar-refractivity contribution in [3.8, 4) is 0 Å². The average molecular weight is 295 g/mol. The number of alkyl halides is 3. The van der Waals surface area contributed by atoms with E-state index in [2.05, 4.69) is 4.98 Å². The maximum Gasteiger partial charge on any atom is 0.391 e. The fourth-order valence-electron chi connectivity index (χ4n) is 2.92. The van der Waals surface area contributed by atoms with Crippen molar-refractivity contribution in [2.24, 2.45) is 5.92 Å². The molecule has 0 spiro atoms. The number of hydrogen-bond donors (Lipinski definition) is 1. The fraction of sp³-hybridized carbons (Fsp3) is 0.400. The van der Waals surface area contributed by atoms with Gasteiger partial charge in [-0.15, -0.1) is 0 Å². The molecule has 0 saturated carbocycles. The second-order valence-electron chi connectivity index (χ2n) is 5.40. The van der Waals surface area contributed by atoms with E-state index in [4.69, 9.17) is 5.73 Å². The van der Waals surface area contributed by atoms with Crippen LogP contribution in [0, 0.1) is 5.92 Å². The van der Waals surface area contributed by atoms with E-state index in [9.17, 15) is 13.2 Å². The second-order valence-corrected chi connectivity index (χ2v) is 5.40. The lowest BCUT2D eigenvalue weighted by atomic mass is 9.95. The highest BCUT2D eigenvalue weighted by Gasteiger charge is 2.41. The zero-order valence-corrected chi connectivity index (χ0v) is 11.4. The van der Waals surface area contributed by atoms with Crippen molar-refractivity contribution in [2.45, 2.75) is 19.0 Å². The summed E-state index contributed by atoms with van der Waals surface area (Å²) < 4.78 is 38.2. The minimum absolute atomic E-state index is 0.135. The van der Waals surface area contributed by atoms with Crippen LogP contribution in [0.3, 0.4) is 0 Å². The molecule has 0 unspecified atom stereocenters. The number of nitrogens with two attached hydrogens (primary N) is 1. The molecule has 3 rings (SSSR count). The fourth-order valence-corrected chi connectivity index (χ4v) is 2.92. The summed E-state index contributed by atoms with van der Waals surface area (Å²) in [6.45, 7) is 0.802. The first-order valence-corrected chi connectivity index (χ1v) is 6.90. The van der Waals surface area contributed by atoms with Gasteiger partial charge in [-0.05, 0) is 31.0 Å². The van der Waals surface area contributed by atoms with E-state index in [-0.39, 0.29) is 12.8 Å². The van der Waals surface area contributed by atoms with Gasteiger partial charge in [-0.3, -0.25) is 4.98 Å². The van der Waals surface area contributed by atoms with Crippen molar-refractivity contribution in [2.75, 3.05) is 23.7 Å². The van der Waals surface area contributed by atoms with E-state index in [0.717, 1.165) is 16.5 Å². The molecule has 6 heteroatoms. The molecule has 1 aromatic heterocycles. The zero-order chi connectivity index (χ0) is 15.0. The summed E-state index contributed by atoms with van der Waals surface area (Å²) >= 11 is 0. The number of hydrogen-bond acceptors (Lipinski definition) is 3.